The number of nitrogens with one attached hydrogen (secondary N) is 1. The number of thioether (sulfide) groups is 1. The molecule has 1 saturated heterocycles. The van der Waals surface area contributed by atoms with Gasteiger partial charge in [-0.15, -0.1) is 10.2 Å². The van der Waals surface area contributed by atoms with Gasteiger partial charge in [0.1, 0.15) is 0 Å². The summed E-state index contributed by atoms with van der Waals surface area (Å²) in [5.74, 6) is 4.52. The Morgan fingerprint density at radius 2 is 2.35 bits per heavy atom. The van der Waals surface area contributed by atoms with Crippen molar-refractivity contribution in [2.75, 3.05) is 24.6 Å². The number of hydrogen-bond acceptors (Lipinski definition) is 5. The predicted molar refractivity (Wildman–Crippen MR) is 70.5 cm³/mol. The first-order valence-electron chi connectivity index (χ1n) is 6.51. The topological polar surface area (TPSA) is 51.0 Å². The van der Waals surface area contributed by atoms with Crippen molar-refractivity contribution in [1.82, 2.24) is 15.5 Å². The molecule has 0 saturated carbocycles. The minimum atomic E-state index is 0.500. The Labute approximate surface area is 107 Å². The smallest absolute Gasteiger partial charge is 0.220 e. The second kappa shape index (κ2) is 7.01. The summed E-state index contributed by atoms with van der Waals surface area (Å²) in [4.78, 5) is 0. The summed E-state index contributed by atoms with van der Waals surface area (Å²) in [6.45, 7) is 4.30. The lowest BCUT2D eigenvalue weighted by Gasteiger charge is -2.01. The molecule has 2 heterocycles. The van der Waals surface area contributed by atoms with Crippen LogP contribution in [0.1, 0.15) is 43.9 Å². The molecule has 0 amide bonds. The Morgan fingerprint density at radius 3 is 3.12 bits per heavy atom. The lowest BCUT2D eigenvalue weighted by molar-refractivity contribution is 0.420. The normalized spacial score (nSPS) is 19.9. The van der Waals surface area contributed by atoms with Gasteiger partial charge < -0.3 is 9.73 Å². The van der Waals surface area contributed by atoms with Gasteiger partial charge in [0.2, 0.25) is 11.8 Å². The molecule has 2 rings (SSSR count). The van der Waals surface area contributed by atoms with Crippen LogP contribution in [0.15, 0.2) is 4.42 Å². The number of hydrogen-bond donors (Lipinski definition) is 1. The van der Waals surface area contributed by atoms with Crippen LogP contribution in [0.5, 0.6) is 0 Å². The van der Waals surface area contributed by atoms with Crippen LogP contribution in [-0.2, 0) is 6.42 Å². The monoisotopic (exact) mass is 255 g/mol. The van der Waals surface area contributed by atoms with Crippen LogP contribution in [-0.4, -0.2) is 34.8 Å². The van der Waals surface area contributed by atoms with Gasteiger partial charge in [0.25, 0.3) is 0 Å². The van der Waals surface area contributed by atoms with E-state index in [0.717, 1.165) is 43.5 Å². The van der Waals surface area contributed by atoms with E-state index in [9.17, 15) is 0 Å². The summed E-state index contributed by atoms with van der Waals surface area (Å²) < 4.78 is 5.71. The minimum Gasteiger partial charge on any atom is -0.425 e. The summed E-state index contributed by atoms with van der Waals surface area (Å²) in [6.07, 6.45) is 4.33. The largest absolute Gasteiger partial charge is 0.425 e. The Kier molecular flexibility index (Phi) is 5.32. The summed E-state index contributed by atoms with van der Waals surface area (Å²) in [5.41, 5.74) is 0. The molecule has 4 nitrogen and oxygen atoms in total. The maximum absolute atomic E-state index is 5.71. The van der Waals surface area contributed by atoms with Gasteiger partial charge in [-0.05, 0) is 38.1 Å². The van der Waals surface area contributed by atoms with E-state index in [1.54, 1.807) is 0 Å². The zero-order chi connectivity index (χ0) is 11.9. The second-order valence-electron chi connectivity index (χ2n) is 4.45. The summed E-state index contributed by atoms with van der Waals surface area (Å²) in [6, 6.07) is 0. The molecule has 1 unspecified atom stereocenters. The van der Waals surface area contributed by atoms with Crippen molar-refractivity contribution < 1.29 is 4.42 Å². The highest BCUT2D eigenvalue weighted by molar-refractivity contribution is 7.99. The molecule has 0 aliphatic carbocycles. The molecular weight excluding hydrogens is 234 g/mol. The molecule has 5 heteroatoms. The Morgan fingerprint density at radius 1 is 1.41 bits per heavy atom. The maximum atomic E-state index is 5.71. The van der Waals surface area contributed by atoms with Crippen LogP contribution >= 0.6 is 11.8 Å². The number of aromatic nitrogens is 2. The van der Waals surface area contributed by atoms with Crippen molar-refractivity contribution in [2.24, 2.45) is 0 Å². The van der Waals surface area contributed by atoms with Crippen molar-refractivity contribution in [3.8, 4) is 0 Å². The van der Waals surface area contributed by atoms with Gasteiger partial charge in [-0.2, -0.15) is 11.8 Å². The number of aryl methyl sites for hydroxylation is 1. The molecule has 96 valence electrons. The maximum Gasteiger partial charge on any atom is 0.220 e. The molecule has 1 N–H and O–H groups in total. The van der Waals surface area contributed by atoms with Gasteiger partial charge in [0.15, 0.2) is 0 Å². The van der Waals surface area contributed by atoms with Gasteiger partial charge in [-0.25, -0.2) is 0 Å². The number of rotatable bonds is 7. The highest BCUT2D eigenvalue weighted by atomic mass is 32.2. The quantitative estimate of drug-likeness (QED) is 0.757. The Bertz CT molecular complexity index is 323. The van der Waals surface area contributed by atoms with Crippen molar-refractivity contribution in [1.29, 1.82) is 0 Å². The molecule has 0 spiro atoms. The molecular formula is C12H21N3OS. The predicted octanol–water partition coefficient (Wildman–Crippen LogP) is 2.22. The molecule has 1 atom stereocenters. The van der Waals surface area contributed by atoms with Gasteiger partial charge in [-0.1, -0.05) is 6.92 Å². The summed E-state index contributed by atoms with van der Waals surface area (Å²) >= 11 is 1.98. The Hall–Kier alpha value is -0.550. The van der Waals surface area contributed by atoms with Gasteiger partial charge in [0.05, 0.1) is 0 Å². The molecule has 1 aliphatic heterocycles. The van der Waals surface area contributed by atoms with Crippen molar-refractivity contribution in [3.05, 3.63) is 11.8 Å². The van der Waals surface area contributed by atoms with E-state index in [2.05, 4.69) is 22.4 Å². The van der Waals surface area contributed by atoms with Crippen LogP contribution in [0, 0.1) is 0 Å². The van der Waals surface area contributed by atoms with Crippen molar-refractivity contribution in [2.45, 2.75) is 38.5 Å². The zero-order valence-electron chi connectivity index (χ0n) is 10.4. The average Bonchev–Trinajstić information content (AvgIpc) is 2.99. The third kappa shape index (κ3) is 4.00. The first-order chi connectivity index (χ1) is 8.40. The molecule has 0 radical (unpaired) electrons. The lowest BCUT2D eigenvalue weighted by atomic mass is 10.1. The fourth-order valence-corrected chi connectivity index (χ4v) is 3.14. The summed E-state index contributed by atoms with van der Waals surface area (Å²) in [5, 5.41) is 11.7. The van der Waals surface area contributed by atoms with E-state index in [1.807, 2.05) is 11.8 Å². The minimum absolute atomic E-state index is 0.500. The van der Waals surface area contributed by atoms with Crippen molar-refractivity contribution >= 4 is 11.8 Å². The molecule has 17 heavy (non-hydrogen) atoms. The lowest BCUT2D eigenvalue weighted by Crippen LogP contribution is -2.16. The average molecular weight is 255 g/mol. The molecule has 1 aromatic rings. The van der Waals surface area contributed by atoms with Crippen molar-refractivity contribution in [3.63, 3.8) is 0 Å². The fourth-order valence-electron chi connectivity index (χ4n) is 1.93. The number of nitrogens with zero attached hydrogens (tertiary/aromatic N) is 2. The first-order valence-corrected chi connectivity index (χ1v) is 7.66. The van der Waals surface area contributed by atoms with E-state index in [0.29, 0.717) is 5.92 Å². The Balaban J connectivity index is 1.70. The SMILES string of the molecule is CCCNCCCc1nnc(C2CCSC2)o1. The van der Waals surface area contributed by atoms with Crippen LogP contribution in [0.3, 0.4) is 0 Å². The summed E-state index contributed by atoms with van der Waals surface area (Å²) in [7, 11) is 0. The van der Waals surface area contributed by atoms with E-state index in [4.69, 9.17) is 4.42 Å². The highest BCUT2D eigenvalue weighted by Gasteiger charge is 2.22. The van der Waals surface area contributed by atoms with E-state index in [-0.39, 0.29) is 0 Å². The molecule has 0 aromatic carbocycles. The van der Waals surface area contributed by atoms with E-state index < -0.39 is 0 Å². The molecule has 1 fully saturated rings. The molecule has 1 aliphatic rings. The third-order valence-corrected chi connectivity index (χ3v) is 4.09. The van der Waals surface area contributed by atoms with Crippen LogP contribution < -0.4 is 5.32 Å². The molecule has 0 bridgehead atoms. The van der Waals surface area contributed by atoms with Gasteiger partial charge in [-0.3, -0.25) is 0 Å². The van der Waals surface area contributed by atoms with Crippen LogP contribution in [0.2, 0.25) is 0 Å². The standard InChI is InChI=1S/C12H21N3OS/c1-2-6-13-7-3-4-11-14-15-12(16-11)10-5-8-17-9-10/h10,13H,2-9H2,1H3. The van der Waals surface area contributed by atoms with Gasteiger partial charge >= 0.3 is 0 Å². The molecule has 1 aromatic heterocycles. The third-order valence-electron chi connectivity index (χ3n) is 2.93. The van der Waals surface area contributed by atoms with Crippen LogP contribution in [0.4, 0.5) is 0 Å². The second-order valence-corrected chi connectivity index (χ2v) is 5.60. The van der Waals surface area contributed by atoms with Crippen LogP contribution in [0.25, 0.3) is 0 Å². The first kappa shape index (κ1) is 12.9. The fraction of sp³-hybridized carbons (Fsp3) is 0.833. The zero-order valence-corrected chi connectivity index (χ0v) is 11.3. The highest BCUT2D eigenvalue weighted by Crippen LogP contribution is 2.31. The van der Waals surface area contributed by atoms with E-state index in [1.165, 1.54) is 18.6 Å². The van der Waals surface area contributed by atoms with Gasteiger partial charge in [0, 0.05) is 18.1 Å². The van der Waals surface area contributed by atoms with E-state index >= 15 is 0 Å².